The maximum absolute atomic E-state index is 13.1. The normalized spacial score (nSPS) is 14.1. The van der Waals surface area contributed by atoms with Crippen molar-refractivity contribution in [3.63, 3.8) is 0 Å². The van der Waals surface area contributed by atoms with Gasteiger partial charge in [-0.05, 0) is 44.2 Å². The van der Waals surface area contributed by atoms with Crippen molar-refractivity contribution in [2.45, 2.75) is 13.8 Å². The molecule has 1 aliphatic heterocycles. The fraction of sp³-hybridized carbons (Fsp3) is 0.308. The van der Waals surface area contributed by atoms with Crippen LogP contribution in [0.15, 0.2) is 37.2 Å². The van der Waals surface area contributed by atoms with Gasteiger partial charge in [0.25, 0.3) is 5.91 Å². The van der Waals surface area contributed by atoms with E-state index in [-0.39, 0.29) is 5.91 Å². The van der Waals surface area contributed by atoms with E-state index >= 15 is 0 Å². The summed E-state index contributed by atoms with van der Waals surface area (Å²) in [6.45, 7) is 11.2. The van der Waals surface area contributed by atoms with Gasteiger partial charge in [-0.15, -0.1) is 0 Å². The van der Waals surface area contributed by atoms with Crippen LogP contribution in [-0.4, -0.2) is 73.8 Å². The van der Waals surface area contributed by atoms with E-state index in [0.29, 0.717) is 45.7 Å². The summed E-state index contributed by atoms with van der Waals surface area (Å²) >= 11 is 0. The van der Waals surface area contributed by atoms with Gasteiger partial charge in [-0.25, -0.2) is 15.0 Å². The van der Waals surface area contributed by atoms with Crippen LogP contribution in [0.4, 0.5) is 29.1 Å². The first-order valence-electron chi connectivity index (χ1n) is 12.3. The molecule has 12 nitrogen and oxygen atoms in total. The lowest BCUT2D eigenvalue weighted by molar-refractivity contribution is 0.102. The highest BCUT2D eigenvalue weighted by molar-refractivity contribution is 6.05. The van der Waals surface area contributed by atoms with Crippen LogP contribution in [0.2, 0.25) is 0 Å². The lowest BCUT2D eigenvalue weighted by Crippen LogP contribution is -2.45. The van der Waals surface area contributed by atoms with Crippen molar-refractivity contribution < 1.29 is 4.79 Å². The molecule has 0 saturated carbocycles. The fourth-order valence-corrected chi connectivity index (χ4v) is 4.20. The molecule has 0 radical (unpaired) electrons. The summed E-state index contributed by atoms with van der Waals surface area (Å²) in [4.78, 5) is 35.5. The number of nitrogens with zero attached hydrogens (tertiary/aromatic N) is 8. The highest BCUT2D eigenvalue weighted by Crippen LogP contribution is 2.28. The molecule has 4 heterocycles. The standard InChI is InChI=1S/C26H31N11O/c1-15(2)18-13-20(36(5)34-18)31-25(38)17-7-6-16(3)19(12-17)30-24-22-21(28-14-29-24)23(27)33-26(32-22)37-10-8-35(4)9-11-37/h6-7,12-14H,1,8-11H2,2-5H3,(H,31,38)(H2,27,32,33)(H,28,29,30). The number of amides is 1. The van der Waals surface area contributed by atoms with Crippen LogP contribution in [-0.2, 0) is 7.05 Å². The Morgan fingerprint density at radius 2 is 1.82 bits per heavy atom. The van der Waals surface area contributed by atoms with Crippen molar-refractivity contribution in [1.82, 2.24) is 34.6 Å². The predicted octanol–water partition coefficient (Wildman–Crippen LogP) is 2.82. The van der Waals surface area contributed by atoms with Crippen molar-refractivity contribution in [2.24, 2.45) is 7.05 Å². The number of carbonyl (C=O) groups excluding carboxylic acids is 1. The second-order valence-corrected chi connectivity index (χ2v) is 9.55. The number of benzene rings is 1. The molecule has 5 rings (SSSR count). The van der Waals surface area contributed by atoms with Gasteiger partial charge < -0.3 is 26.2 Å². The van der Waals surface area contributed by atoms with E-state index in [0.717, 1.165) is 43.0 Å². The van der Waals surface area contributed by atoms with Gasteiger partial charge in [0.2, 0.25) is 5.95 Å². The first-order chi connectivity index (χ1) is 18.2. The molecule has 196 valence electrons. The third-order valence-electron chi connectivity index (χ3n) is 6.59. The Bertz CT molecular complexity index is 1540. The van der Waals surface area contributed by atoms with Crippen molar-refractivity contribution in [3.8, 4) is 0 Å². The number of rotatable bonds is 6. The average Bonchev–Trinajstić information content (AvgIpc) is 3.26. The van der Waals surface area contributed by atoms with Gasteiger partial charge in [-0.1, -0.05) is 12.6 Å². The number of nitrogens with two attached hydrogens (primary N) is 1. The lowest BCUT2D eigenvalue weighted by Gasteiger charge is -2.32. The summed E-state index contributed by atoms with van der Waals surface area (Å²) in [6.07, 6.45) is 1.42. The van der Waals surface area contributed by atoms with Crippen LogP contribution in [0.3, 0.4) is 0 Å². The summed E-state index contributed by atoms with van der Waals surface area (Å²) in [5, 5.41) is 10.6. The monoisotopic (exact) mass is 513 g/mol. The molecule has 38 heavy (non-hydrogen) atoms. The Morgan fingerprint density at radius 1 is 1.05 bits per heavy atom. The molecule has 0 bridgehead atoms. The number of nitrogen functional groups attached to an aromatic ring is 1. The molecule has 0 aliphatic carbocycles. The molecule has 1 amide bonds. The molecule has 4 N–H and O–H groups in total. The highest BCUT2D eigenvalue weighted by atomic mass is 16.1. The molecular formula is C26H31N11O. The average molecular weight is 514 g/mol. The van der Waals surface area contributed by atoms with E-state index in [1.807, 2.05) is 19.9 Å². The molecular weight excluding hydrogens is 482 g/mol. The van der Waals surface area contributed by atoms with Crippen LogP contribution in [0.25, 0.3) is 16.6 Å². The molecule has 1 aromatic carbocycles. The zero-order valence-electron chi connectivity index (χ0n) is 22.0. The number of aryl methyl sites for hydroxylation is 2. The molecule has 0 spiro atoms. The van der Waals surface area contributed by atoms with Crippen LogP contribution >= 0.6 is 0 Å². The Kier molecular flexibility index (Phi) is 6.64. The largest absolute Gasteiger partial charge is 0.382 e. The quantitative estimate of drug-likeness (QED) is 0.352. The SMILES string of the molecule is C=C(C)c1cc(NC(=O)c2ccc(C)c(Nc3ncnc4c(N)nc(N5CCN(C)CC5)nc34)c2)n(C)n1. The predicted molar refractivity (Wildman–Crippen MR) is 150 cm³/mol. The summed E-state index contributed by atoms with van der Waals surface area (Å²) in [6, 6.07) is 7.22. The highest BCUT2D eigenvalue weighted by Gasteiger charge is 2.20. The van der Waals surface area contributed by atoms with Crippen molar-refractivity contribution in [1.29, 1.82) is 0 Å². The van der Waals surface area contributed by atoms with Gasteiger partial charge in [0.1, 0.15) is 23.2 Å². The van der Waals surface area contributed by atoms with Crippen molar-refractivity contribution >= 4 is 51.6 Å². The Balaban J connectivity index is 1.44. The number of carbonyl (C=O) groups is 1. The summed E-state index contributed by atoms with van der Waals surface area (Å²) in [7, 11) is 3.87. The molecule has 3 aromatic heterocycles. The van der Waals surface area contributed by atoms with E-state index < -0.39 is 0 Å². The number of hydrogen-bond acceptors (Lipinski definition) is 10. The van der Waals surface area contributed by atoms with Crippen molar-refractivity contribution in [3.05, 3.63) is 54.0 Å². The molecule has 1 fully saturated rings. The molecule has 12 heteroatoms. The van der Waals surface area contributed by atoms with Crippen LogP contribution < -0.4 is 21.3 Å². The Morgan fingerprint density at radius 3 is 2.53 bits per heavy atom. The number of piperazine rings is 1. The van der Waals surface area contributed by atoms with E-state index in [1.165, 1.54) is 6.33 Å². The van der Waals surface area contributed by atoms with E-state index in [9.17, 15) is 4.79 Å². The summed E-state index contributed by atoms with van der Waals surface area (Å²) in [5.74, 6) is 1.65. The van der Waals surface area contributed by atoms with Crippen LogP contribution in [0, 0.1) is 6.92 Å². The smallest absolute Gasteiger partial charge is 0.256 e. The van der Waals surface area contributed by atoms with Gasteiger partial charge in [-0.3, -0.25) is 9.48 Å². The summed E-state index contributed by atoms with van der Waals surface area (Å²) < 4.78 is 1.62. The number of hydrogen-bond donors (Lipinski definition) is 3. The third-order valence-corrected chi connectivity index (χ3v) is 6.59. The number of aromatic nitrogens is 6. The molecule has 0 atom stereocenters. The van der Waals surface area contributed by atoms with Crippen LogP contribution in [0.1, 0.15) is 28.5 Å². The van der Waals surface area contributed by atoms with Gasteiger partial charge in [0.15, 0.2) is 11.6 Å². The summed E-state index contributed by atoms with van der Waals surface area (Å²) in [5.41, 5.74) is 10.9. The number of fused-ring (bicyclic) bond motifs is 1. The maximum Gasteiger partial charge on any atom is 0.256 e. The van der Waals surface area contributed by atoms with E-state index in [1.54, 1.807) is 29.9 Å². The molecule has 4 aromatic rings. The Hall–Kier alpha value is -4.58. The molecule has 1 aliphatic rings. The van der Waals surface area contributed by atoms with Crippen LogP contribution in [0.5, 0.6) is 0 Å². The van der Waals surface area contributed by atoms with Gasteiger partial charge >= 0.3 is 0 Å². The van der Waals surface area contributed by atoms with E-state index in [4.69, 9.17) is 10.7 Å². The third kappa shape index (κ3) is 4.98. The van der Waals surface area contributed by atoms with Gasteiger partial charge in [0, 0.05) is 50.5 Å². The minimum atomic E-state index is -0.263. The fourth-order valence-electron chi connectivity index (χ4n) is 4.20. The Labute approximate surface area is 220 Å². The minimum absolute atomic E-state index is 0.263. The first kappa shape index (κ1) is 25.1. The van der Waals surface area contributed by atoms with E-state index in [2.05, 4.69) is 54.1 Å². The topological polar surface area (TPSA) is 143 Å². The number of likely N-dealkylation sites (N-methyl/N-ethyl adjacent to an activating group) is 1. The van der Waals surface area contributed by atoms with Crippen molar-refractivity contribution in [2.75, 3.05) is 54.5 Å². The second kappa shape index (κ2) is 10.1. The number of anilines is 5. The zero-order valence-corrected chi connectivity index (χ0v) is 22.0. The van der Waals surface area contributed by atoms with Gasteiger partial charge in [-0.2, -0.15) is 10.1 Å². The van der Waals surface area contributed by atoms with Gasteiger partial charge in [0.05, 0.1) is 5.69 Å². The number of allylic oxidation sites excluding steroid dienone is 1. The second-order valence-electron chi connectivity index (χ2n) is 9.55. The number of nitrogens with one attached hydrogen (secondary N) is 2. The molecule has 0 unspecified atom stereocenters. The first-order valence-corrected chi connectivity index (χ1v) is 12.3. The zero-order chi connectivity index (χ0) is 27.0. The maximum atomic E-state index is 13.1. The lowest BCUT2D eigenvalue weighted by atomic mass is 10.1. The minimum Gasteiger partial charge on any atom is -0.382 e. The molecule has 1 saturated heterocycles.